The third-order valence-electron chi connectivity index (χ3n) is 3.63. The fraction of sp³-hybridized carbons (Fsp3) is 0.333. The van der Waals surface area contributed by atoms with E-state index >= 15 is 0 Å². The molecule has 2 aromatic carbocycles. The Balaban J connectivity index is 1.95. The lowest BCUT2D eigenvalue weighted by Gasteiger charge is -2.11. The largest absolute Gasteiger partial charge is 0.493 e. The van der Waals surface area contributed by atoms with Crippen LogP contribution in [0.5, 0.6) is 17.2 Å². The second-order valence-electron chi connectivity index (χ2n) is 5.26. The van der Waals surface area contributed by atoms with Crippen LogP contribution in [0.15, 0.2) is 47.4 Å². The van der Waals surface area contributed by atoms with Crippen molar-refractivity contribution in [1.82, 2.24) is 4.72 Å². The van der Waals surface area contributed by atoms with Gasteiger partial charge in [0.2, 0.25) is 10.0 Å². The van der Waals surface area contributed by atoms with Crippen LogP contribution in [0.25, 0.3) is 0 Å². The fourth-order valence-corrected chi connectivity index (χ4v) is 3.30. The third kappa shape index (κ3) is 5.11. The number of methoxy groups -OCH3 is 2. The van der Waals surface area contributed by atoms with Gasteiger partial charge in [-0.05, 0) is 36.2 Å². The molecule has 0 unspecified atom stereocenters. The molecule has 0 radical (unpaired) electrons. The number of aryl methyl sites for hydroxylation is 1. The molecule has 0 saturated carbocycles. The third-order valence-corrected chi connectivity index (χ3v) is 5.09. The lowest BCUT2D eigenvalue weighted by Crippen LogP contribution is -2.28. The average molecular weight is 365 g/mol. The molecular weight excluding hydrogens is 342 g/mol. The molecule has 0 aliphatic heterocycles. The lowest BCUT2D eigenvalue weighted by atomic mass is 10.2. The summed E-state index contributed by atoms with van der Waals surface area (Å²) >= 11 is 0. The minimum absolute atomic E-state index is 0.109. The van der Waals surface area contributed by atoms with Gasteiger partial charge in [0.25, 0.3) is 0 Å². The maximum atomic E-state index is 12.3. The lowest BCUT2D eigenvalue weighted by molar-refractivity contribution is 0.322. The molecular formula is C18H23NO5S. The van der Waals surface area contributed by atoms with Gasteiger partial charge in [0, 0.05) is 12.6 Å². The van der Waals surface area contributed by atoms with E-state index in [0.29, 0.717) is 11.5 Å². The monoisotopic (exact) mass is 365 g/mol. The molecule has 25 heavy (non-hydrogen) atoms. The highest BCUT2D eigenvalue weighted by molar-refractivity contribution is 7.89. The van der Waals surface area contributed by atoms with Crippen LogP contribution in [0, 0.1) is 0 Å². The van der Waals surface area contributed by atoms with E-state index in [1.165, 1.54) is 31.9 Å². The van der Waals surface area contributed by atoms with Crippen LogP contribution in [0.4, 0.5) is 0 Å². The van der Waals surface area contributed by atoms with Crippen molar-refractivity contribution in [3.8, 4) is 17.2 Å². The number of nitrogens with one attached hydrogen (secondary N) is 1. The number of hydrogen-bond donors (Lipinski definition) is 1. The van der Waals surface area contributed by atoms with Crippen LogP contribution >= 0.6 is 0 Å². The summed E-state index contributed by atoms with van der Waals surface area (Å²) in [6, 6.07) is 12.2. The summed E-state index contributed by atoms with van der Waals surface area (Å²) in [5.74, 6) is 1.56. The highest BCUT2D eigenvalue weighted by Gasteiger charge is 2.16. The van der Waals surface area contributed by atoms with Gasteiger partial charge >= 0.3 is 0 Å². The first-order valence-electron chi connectivity index (χ1n) is 7.93. The van der Waals surface area contributed by atoms with Crippen LogP contribution in [-0.4, -0.2) is 35.8 Å². The molecule has 0 bridgehead atoms. The van der Waals surface area contributed by atoms with Crippen molar-refractivity contribution in [3.63, 3.8) is 0 Å². The van der Waals surface area contributed by atoms with E-state index in [-0.39, 0.29) is 18.0 Å². The van der Waals surface area contributed by atoms with Gasteiger partial charge in [-0.2, -0.15) is 0 Å². The topological polar surface area (TPSA) is 73.9 Å². The summed E-state index contributed by atoms with van der Waals surface area (Å²) in [6.07, 6.45) is 0.920. The fourth-order valence-electron chi connectivity index (χ4n) is 2.27. The zero-order valence-electron chi connectivity index (χ0n) is 14.6. The summed E-state index contributed by atoms with van der Waals surface area (Å²) in [5, 5.41) is 0. The Morgan fingerprint density at radius 1 is 1.00 bits per heavy atom. The summed E-state index contributed by atoms with van der Waals surface area (Å²) in [7, 11) is -0.697. The SMILES string of the molecule is CCc1cccc(OCCNS(=O)(=O)c2ccc(OC)c(OC)c2)c1. The van der Waals surface area contributed by atoms with Gasteiger partial charge in [-0.1, -0.05) is 19.1 Å². The minimum atomic E-state index is -3.65. The van der Waals surface area contributed by atoms with Gasteiger partial charge in [-0.15, -0.1) is 0 Å². The predicted octanol–water partition coefficient (Wildman–Crippen LogP) is 2.62. The molecule has 0 aromatic heterocycles. The number of ether oxygens (including phenoxy) is 3. The molecule has 1 N–H and O–H groups in total. The first-order valence-corrected chi connectivity index (χ1v) is 9.42. The minimum Gasteiger partial charge on any atom is -0.493 e. The summed E-state index contributed by atoms with van der Waals surface area (Å²) in [4.78, 5) is 0.109. The Bertz CT molecular complexity index is 805. The van der Waals surface area contributed by atoms with E-state index in [1.807, 2.05) is 24.3 Å². The molecule has 2 rings (SSSR count). The smallest absolute Gasteiger partial charge is 0.240 e. The molecule has 0 aliphatic rings. The molecule has 0 atom stereocenters. The van der Waals surface area contributed by atoms with Gasteiger partial charge in [0.05, 0.1) is 19.1 Å². The molecule has 0 spiro atoms. The zero-order chi connectivity index (χ0) is 18.3. The van der Waals surface area contributed by atoms with Crippen molar-refractivity contribution in [1.29, 1.82) is 0 Å². The van der Waals surface area contributed by atoms with Gasteiger partial charge < -0.3 is 14.2 Å². The van der Waals surface area contributed by atoms with Crippen molar-refractivity contribution in [3.05, 3.63) is 48.0 Å². The second kappa shape index (κ2) is 8.73. The van der Waals surface area contributed by atoms with Gasteiger partial charge in [0.15, 0.2) is 11.5 Å². The Morgan fingerprint density at radius 3 is 2.44 bits per heavy atom. The Kier molecular flexibility index (Phi) is 6.66. The molecule has 0 saturated heterocycles. The van der Waals surface area contributed by atoms with Crippen molar-refractivity contribution in [2.24, 2.45) is 0 Å². The molecule has 7 heteroatoms. The number of hydrogen-bond acceptors (Lipinski definition) is 5. The van der Waals surface area contributed by atoms with Gasteiger partial charge in [-0.25, -0.2) is 13.1 Å². The van der Waals surface area contributed by atoms with Crippen molar-refractivity contribution in [2.45, 2.75) is 18.2 Å². The number of rotatable bonds is 9. The normalized spacial score (nSPS) is 11.2. The van der Waals surface area contributed by atoms with Crippen molar-refractivity contribution >= 4 is 10.0 Å². The van der Waals surface area contributed by atoms with E-state index in [0.717, 1.165) is 12.2 Å². The highest BCUT2D eigenvalue weighted by Crippen LogP contribution is 2.29. The molecule has 0 amide bonds. The van der Waals surface area contributed by atoms with E-state index < -0.39 is 10.0 Å². The van der Waals surface area contributed by atoms with E-state index in [4.69, 9.17) is 14.2 Å². The average Bonchev–Trinajstić information content (AvgIpc) is 2.64. The van der Waals surface area contributed by atoms with E-state index in [9.17, 15) is 8.42 Å². The Hall–Kier alpha value is -2.25. The predicted molar refractivity (Wildman–Crippen MR) is 96.0 cm³/mol. The van der Waals surface area contributed by atoms with E-state index in [1.54, 1.807) is 6.07 Å². The Morgan fingerprint density at radius 2 is 1.76 bits per heavy atom. The molecule has 0 fully saturated rings. The number of sulfonamides is 1. The summed E-state index contributed by atoms with van der Waals surface area (Å²) in [6.45, 7) is 2.46. The zero-order valence-corrected chi connectivity index (χ0v) is 15.4. The molecule has 136 valence electrons. The van der Waals surface area contributed by atoms with Crippen LogP contribution in [0.1, 0.15) is 12.5 Å². The maximum absolute atomic E-state index is 12.3. The van der Waals surface area contributed by atoms with Crippen LogP contribution in [-0.2, 0) is 16.4 Å². The standard InChI is InChI=1S/C18H23NO5S/c1-4-14-6-5-7-15(12-14)24-11-10-19-25(20,21)16-8-9-17(22-2)18(13-16)23-3/h5-9,12-13,19H,4,10-11H2,1-3H3. The van der Waals surface area contributed by atoms with Crippen LogP contribution < -0.4 is 18.9 Å². The van der Waals surface area contributed by atoms with Gasteiger partial charge in [-0.3, -0.25) is 0 Å². The van der Waals surface area contributed by atoms with Crippen LogP contribution in [0.2, 0.25) is 0 Å². The first kappa shape index (κ1) is 19.1. The van der Waals surface area contributed by atoms with Crippen molar-refractivity contribution in [2.75, 3.05) is 27.4 Å². The summed E-state index contributed by atoms with van der Waals surface area (Å²) < 4.78 is 43.0. The number of benzene rings is 2. The maximum Gasteiger partial charge on any atom is 0.240 e. The Labute approximate surface area is 148 Å². The second-order valence-corrected chi connectivity index (χ2v) is 7.03. The van der Waals surface area contributed by atoms with Gasteiger partial charge in [0.1, 0.15) is 12.4 Å². The van der Waals surface area contributed by atoms with E-state index in [2.05, 4.69) is 11.6 Å². The molecule has 0 heterocycles. The molecule has 0 aliphatic carbocycles. The first-order chi connectivity index (χ1) is 12.0. The highest BCUT2D eigenvalue weighted by atomic mass is 32.2. The summed E-state index contributed by atoms with van der Waals surface area (Å²) in [5.41, 5.74) is 1.17. The van der Waals surface area contributed by atoms with Crippen molar-refractivity contribution < 1.29 is 22.6 Å². The molecule has 2 aromatic rings. The molecule has 6 nitrogen and oxygen atoms in total. The van der Waals surface area contributed by atoms with Crippen LogP contribution in [0.3, 0.4) is 0 Å². The quantitative estimate of drug-likeness (QED) is 0.692.